The molecule has 4 heteroatoms. The van der Waals surface area contributed by atoms with Crippen LogP contribution in [0.5, 0.6) is 5.88 Å². The predicted molar refractivity (Wildman–Crippen MR) is 55.1 cm³/mol. The molecular formula is C10H16N2O2. The molecule has 0 saturated carbocycles. The van der Waals surface area contributed by atoms with E-state index in [0.29, 0.717) is 24.7 Å². The number of hydrogen-bond acceptors (Lipinski definition) is 4. The minimum atomic E-state index is -0.708. The molecule has 14 heavy (non-hydrogen) atoms. The highest BCUT2D eigenvalue weighted by atomic mass is 16.5. The van der Waals surface area contributed by atoms with E-state index in [1.54, 1.807) is 32.0 Å². The van der Waals surface area contributed by atoms with Gasteiger partial charge in [-0.25, -0.2) is 0 Å². The fourth-order valence-corrected chi connectivity index (χ4v) is 0.917. The molecule has 0 aliphatic rings. The normalized spacial score (nSPS) is 11.4. The van der Waals surface area contributed by atoms with Gasteiger partial charge in [0.15, 0.2) is 0 Å². The van der Waals surface area contributed by atoms with E-state index in [-0.39, 0.29) is 0 Å². The van der Waals surface area contributed by atoms with Crippen molar-refractivity contribution >= 4 is 5.82 Å². The van der Waals surface area contributed by atoms with Crippen LogP contribution in [0.25, 0.3) is 0 Å². The molecule has 0 amide bonds. The van der Waals surface area contributed by atoms with Crippen LogP contribution in [-0.2, 0) is 0 Å². The van der Waals surface area contributed by atoms with Crippen molar-refractivity contribution in [1.29, 1.82) is 0 Å². The maximum Gasteiger partial charge on any atom is 0.215 e. The van der Waals surface area contributed by atoms with E-state index < -0.39 is 5.60 Å². The number of nitrogens with two attached hydrogens (primary N) is 1. The first-order valence-electron chi connectivity index (χ1n) is 4.55. The third-order valence-electron chi connectivity index (χ3n) is 1.71. The van der Waals surface area contributed by atoms with Crippen LogP contribution >= 0.6 is 0 Å². The molecule has 0 unspecified atom stereocenters. The fourth-order valence-electron chi connectivity index (χ4n) is 0.917. The molecule has 0 aromatic carbocycles. The summed E-state index contributed by atoms with van der Waals surface area (Å²) in [6, 6.07) is 5.21. The summed E-state index contributed by atoms with van der Waals surface area (Å²) in [6.45, 7) is 3.91. The Bertz CT molecular complexity index is 294. The van der Waals surface area contributed by atoms with Crippen molar-refractivity contribution < 1.29 is 9.84 Å². The number of anilines is 1. The standard InChI is InChI=1S/C10H16N2O2/c1-10(2,13)6-7-14-9-5-3-4-8(11)12-9/h3-5,13H,6-7H2,1-2H3,(H2,11,12). The van der Waals surface area contributed by atoms with Gasteiger partial charge in [-0.1, -0.05) is 6.07 Å². The average Bonchev–Trinajstić information content (AvgIpc) is 2.01. The van der Waals surface area contributed by atoms with Crippen molar-refractivity contribution in [3.63, 3.8) is 0 Å². The first-order chi connectivity index (χ1) is 6.47. The van der Waals surface area contributed by atoms with Crippen LogP contribution in [0.2, 0.25) is 0 Å². The Morgan fingerprint density at radius 1 is 1.50 bits per heavy atom. The van der Waals surface area contributed by atoms with Gasteiger partial charge in [-0.2, -0.15) is 4.98 Å². The molecule has 1 aromatic rings. The summed E-state index contributed by atoms with van der Waals surface area (Å²) in [7, 11) is 0. The second-order valence-electron chi connectivity index (χ2n) is 3.81. The monoisotopic (exact) mass is 196 g/mol. The lowest BCUT2D eigenvalue weighted by molar-refractivity contribution is 0.0547. The summed E-state index contributed by atoms with van der Waals surface area (Å²) in [5.41, 5.74) is 4.77. The molecule has 0 fully saturated rings. The molecule has 1 aromatic heterocycles. The van der Waals surface area contributed by atoms with Crippen LogP contribution in [0.1, 0.15) is 20.3 Å². The Balaban J connectivity index is 2.39. The van der Waals surface area contributed by atoms with Crippen LogP contribution in [0.3, 0.4) is 0 Å². The van der Waals surface area contributed by atoms with E-state index in [1.807, 2.05) is 0 Å². The maximum absolute atomic E-state index is 9.43. The van der Waals surface area contributed by atoms with E-state index in [0.717, 1.165) is 0 Å². The van der Waals surface area contributed by atoms with Gasteiger partial charge in [0, 0.05) is 12.5 Å². The number of aromatic nitrogens is 1. The van der Waals surface area contributed by atoms with Gasteiger partial charge in [-0.3, -0.25) is 0 Å². The Kier molecular flexibility index (Phi) is 3.30. The fraction of sp³-hybridized carbons (Fsp3) is 0.500. The highest BCUT2D eigenvalue weighted by Gasteiger charge is 2.12. The summed E-state index contributed by atoms with van der Waals surface area (Å²) < 4.78 is 5.31. The summed E-state index contributed by atoms with van der Waals surface area (Å²) >= 11 is 0. The van der Waals surface area contributed by atoms with Gasteiger partial charge in [0.25, 0.3) is 0 Å². The van der Waals surface area contributed by atoms with Gasteiger partial charge in [0.1, 0.15) is 5.82 Å². The van der Waals surface area contributed by atoms with Gasteiger partial charge < -0.3 is 15.6 Å². The highest BCUT2D eigenvalue weighted by Crippen LogP contribution is 2.11. The van der Waals surface area contributed by atoms with Crippen molar-refractivity contribution in [3.8, 4) is 5.88 Å². The Morgan fingerprint density at radius 3 is 2.79 bits per heavy atom. The van der Waals surface area contributed by atoms with E-state index >= 15 is 0 Å². The quantitative estimate of drug-likeness (QED) is 0.759. The second kappa shape index (κ2) is 4.28. The van der Waals surface area contributed by atoms with Crippen molar-refractivity contribution in [2.24, 2.45) is 0 Å². The van der Waals surface area contributed by atoms with E-state index in [9.17, 15) is 5.11 Å². The zero-order valence-corrected chi connectivity index (χ0v) is 8.53. The van der Waals surface area contributed by atoms with Crippen molar-refractivity contribution in [3.05, 3.63) is 18.2 Å². The summed E-state index contributed by atoms with van der Waals surface area (Å²) in [5, 5.41) is 9.43. The second-order valence-corrected chi connectivity index (χ2v) is 3.81. The molecule has 0 bridgehead atoms. The third-order valence-corrected chi connectivity index (χ3v) is 1.71. The molecule has 0 spiro atoms. The molecule has 3 N–H and O–H groups in total. The molecular weight excluding hydrogens is 180 g/mol. The molecule has 0 atom stereocenters. The molecule has 0 aliphatic heterocycles. The van der Waals surface area contributed by atoms with E-state index in [4.69, 9.17) is 10.5 Å². The molecule has 0 aliphatic carbocycles. The number of nitrogens with zero attached hydrogens (tertiary/aromatic N) is 1. The first-order valence-corrected chi connectivity index (χ1v) is 4.55. The van der Waals surface area contributed by atoms with Crippen molar-refractivity contribution in [2.75, 3.05) is 12.3 Å². The lowest BCUT2D eigenvalue weighted by Crippen LogP contribution is -2.21. The van der Waals surface area contributed by atoms with Gasteiger partial charge in [-0.15, -0.1) is 0 Å². The Morgan fingerprint density at radius 2 is 2.21 bits per heavy atom. The minimum absolute atomic E-state index is 0.431. The highest BCUT2D eigenvalue weighted by molar-refractivity contribution is 5.30. The minimum Gasteiger partial charge on any atom is -0.477 e. The van der Waals surface area contributed by atoms with E-state index in [1.165, 1.54) is 0 Å². The van der Waals surface area contributed by atoms with Crippen LogP contribution in [0.15, 0.2) is 18.2 Å². The van der Waals surface area contributed by atoms with Crippen LogP contribution in [0, 0.1) is 0 Å². The SMILES string of the molecule is CC(C)(O)CCOc1cccc(N)n1. The lowest BCUT2D eigenvalue weighted by atomic mass is 10.1. The van der Waals surface area contributed by atoms with Gasteiger partial charge in [0.2, 0.25) is 5.88 Å². The first kappa shape index (κ1) is 10.8. The zero-order chi connectivity index (χ0) is 10.6. The number of hydrogen-bond donors (Lipinski definition) is 2. The topological polar surface area (TPSA) is 68.4 Å². The van der Waals surface area contributed by atoms with Gasteiger partial charge in [-0.05, 0) is 19.9 Å². The van der Waals surface area contributed by atoms with Crippen LogP contribution in [-0.4, -0.2) is 22.3 Å². The summed E-state index contributed by atoms with van der Waals surface area (Å²) in [4.78, 5) is 3.97. The maximum atomic E-state index is 9.43. The largest absolute Gasteiger partial charge is 0.477 e. The van der Waals surface area contributed by atoms with Crippen LogP contribution < -0.4 is 10.5 Å². The lowest BCUT2D eigenvalue weighted by Gasteiger charge is -2.16. The predicted octanol–water partition coefficient (Wildman–Crippen LogP) is 1.20. The van der Waals surface area contributed by atoms with Gasteiger partial charge in [0.05, 0.1) is 12.2 Å². The number of rotatable bonds is 4. The van der Waals surface area contributed by atoms with Crippen LogP contribution in [0.4, 0.5) is 5.82 Å². The molecule has 78 valence electrons. The molecule has 1 heterocycles. The number of ether oxygens (including phenoxy) is 1. The summed E-state index contributed by atoms with van der Waals surface area (Å²) in [6.07, 6.45) is 0.559. The Labute approximate surface area is 83.7 Å². The smallest absolute Gasteiger partial charge is 0.215 e. The molecule has 0 saturated heterocycles. The van der Waals surface area contributed by atoms with E-state index in [2.05, 4.69) is 4.98 Å². The Hall–Kier alpha value is -1.29. The number of aliphatic hydroxyl groups is 1. The van der Waals surface area contributed by atoms with Crippen molar-refractivity contribution in [2.45, 2.75) is 25.9 Å². The number of pyridine rings is 1. The third kappa shape index (κ3) is 4.09. The zero-order valence-electron chi connectivity index (χ0n) is 8.53. The number of nitrogen functional groups attached to an aromatic ring is 1. The van der Waals surface area contributed by atoms with Crippen molar-refractivity contribution in [1.82, 2.24) is 4.98 Å². The summed E-state index contributed by atoms with van der Waals surface area (Å²) in [5.74, 6) is 0.931. The average molecular weight is 196 g/mol. The van der Waals surface area contributed by atoms with Gasteiger partial charge >= 0.3 is 0 Å². The molecule has 1 rings (SSSR count). The molecule has 0 radical (unpaired) electrons. The molecule has 4 nitrogen and oxygen atoms in total.